The number of nitrogens with zero attached hydrogens (tertiary/aromatic N) is 3. The van der Waals surface area contributed by atoms with Crippen molar-refractivity contribution in [2.24, 2.45) is 0 Å². The second kappa shape index (κ2) is 15.9. The summed E-state index contributed by atoms with van der Waals surface area (Å²) >= 11 is 0. The van der Waals surface area contributed by atoms with Gasteiger partial charge in [-0.05, 0) is 48.8 Å². The van der Waals surface area contributed by atoms with Crippen molar-refractivity contribution in [2.45, 2.75) is 26.7 Å². The highest BCUT2D eigenvalue weighted by Crippen LogP contribution is 2.27. The highest BCUT2D eigenvalue weighted by atomic mass is 14.9. The molecular formula is C37H38N6. The predicted octanol–water partition coefficient (Wildman–Crippen LogP) is 7.75. The maximum absolute atomic E-state index is 6.28. The predicted molar refractivity (Wildman–Crippen MR) is 181 cm³/mol. The molecule has 6 heteroatoms. The van der Waals surface area contributed by atoms with Crippen molar-refractivity contribution in [3.05, 3.63) is 157 Å². The van der Waals surface area contributed by atoms with Crippen LogP contribution in [0, 0.1) is 12.8 Å². The van der Waals surface area contributed by atoms with Gasteiger partial charge in [0, 0.05) is 77.0 Å². The summed E-state index contributed by atoms with van der Waals surface area (Å²) in [4.78, 5) is 13.2. The van der Waals surface area contributed by atoms with Crippen LogP contribution in [0.15, 0.2) is 140 Å². The van der Waals surface area contributed by atoms with E-state index in [0.717, 1.165) is 62.6 Å². The maximum Gasteiger partial charge on any atom is 0.126 e. The SMILES string of the molecule is C#C.C=C/C=C(\C(C)=C(/C)NC(=C)Cc1cc(-c2cncc(NC(=C)Cc3ccccc3)c2)cnc1N)c1cccnc1. The van der Waals surface area contributed by atoms with Gasteiger partial charge in [-0.15, -0.1) is 12.8 Å². The largest absolute Gasteiger partial charge is 0.383 e. The van der Waals surface area contributed by atoms with Crippen LogP contribution in [0.5, 0.6) is 0 Å². The first kappa shape index (κ1) is 31.9. The molecule has 0 aliphatic carbocycles. The first-order chi connectivity index (χ1) is 20.8. The lowest BCUT2D eigenvalue weighted by atomic mass is 9.98. The van der Waals surface area contributed by atoms with Crippen LogP contribution >= 0.6 is 0 Å². The van der Waals surface area contributed by atoms with Crippen molar-refractivity contribution in [3.63, 3.8) is 0 Å². The maximum atomic E-state index is 6.28. The Balaban J connectivity index is 0.00000248. The fourth-order valence-corrected chi connectivity index (χ4v) is 4.49. The van der Waals surface area contributed by atoms with E-state index in [4.69, 9.17) is 5.73 Å². The number of anilines is 2. The zero-order chi connectivity index (χ0) is 31.2. The van der Waals surface area contributed by atoms with E-state index >= 15 is 0 Å². The summed E-state index contributed by atoms with van der Waals surface area (Å²) in [7, 11) is 0. The number of hydrogen-bond acceptors (Lipinski definition) is 6. The van der Waals surface area contributed by atoms with Crippen LogP contribution in [0.4, 0.5) is 11.5 Å². The Bertz CT molecular complexity index is 1650. The molecule has 6 nitrogen and oxygen atoms in total. The molecule has 1 aromatic carbocycles. The van der Waals surface area contributed by atoms with Crippen molar-refractivity contribution < 1.29 is 0 Å². The second-order valence-electron chi connectivity index (χ2n) is 9.83. The summed E-state index contributed by atoms with van der Waals surface area (Å²) in [5, 5.41) is 6.82. The van der Waals surface area contributed by atoms with Gasteiger partial charge in [-0.3, -0.25) is 9.97 Å². The van der Waals surface area contributed by atoms with Gasteiger partial charge in [0.2, 0.25) is 0 Å². The molecule has 0 amide bonds. The number of nitrogens with two attached hydrogens (primary N) is 1. The molecule has 4 rings (SSSR count). The summed E-state index contributed by atoms with van der Waals surface area (Å²) in [6, 6.07) is 18.3. The molecule has 0 bridgehead atoms. The summed E-state index contributed by atoms with van der Waals surface area (Å²) in [6.45, 7) is 16.4. The number of allylic oxidation sites excluding steroid dienone is 7. The fourth-order valence-electron chi connectivity index (χ4n) is 4.49. The van der Waals surface area contributed by atoms with Crippen LogP contribution in [0.25, 0.3) is 16.7 Å². The lowest BCUT2D eigenvalue weighted by Crippen LogP contribution is -2.14. The van der Waals surface area contributed by atoms with E-state index in [1.165, 1.54) is 5.56 Å². The minimum Gasteiger partial charge on any atom is -0.383 e. The molecule has 0 spiro atoms. The number of nitrogen functional groups attached to an aromatic ring is 1. The van der Waals surface area contributed by atoms with Gasteiger partial charge in [0.1, 0.15) is 5.82 Å². The number of rotatable bonds is 12. The van der Waals surface area contributed by atoms with E-state index in [1.54, 1.807) is 24.7 Å². The number of terminal acetylenes is 1. The summed E-state index contributed by atoms with van der Waals surface area (Å²) in [6.07, 6.45) is 22.0. The average Bonchev–Trinajstić information content (AvgIpc) is 3.02. The Hall–Kier alpha value is -5.67. The lowest BCUT2D eigenvalue weighted by Gasteiger charge is -2.17. The molecular weight excluding hydrogens is 528 g/mol. The molecule has 0 radical (unpaired) electrons. The smallest absolute Gasteiger partial charge is 0.126 e. The van der Waals surface area contributed by atoms with Crippen LogP contribution in [0.1, 0.15) is 30.5 Å². The fraction of sp³-hybridized carbons (Fsp3) is 0.108. The molecule has 0 atom stereocenters. The average molecular weight is 567 g/mol. The number of hydrogen-bond donors (Lipinski definition) is 3. The molecule has 0 unspecified atom stereocenters. The van der Waals surface area contributed by atoms with Gasteiger partial charge in [0.25, 0.3) is 0 Å². The third kappa shape index (κ3) is 9.17. The van der Waals surface area contributed by atoms with Gasteiger partial charge in [0.15, 0.2) is 0 Å². The van der Waals surface area contributed by atoms with Crippen LogP contribution in [0.2, 0.25) is 0 Å². The molecule has 0 aliphatic rings. The van der Waals surface area contributed by atoms with E-state index < -0.39 is 0 Å². The summed E-state index contributed by atoms with van der Waals surface area (Å²) in [5.41, 5.74) is 16.9. The minimum absolute atomic E-state index is 0.469. The zero-order valence-electron chi connectivity index (χ0n) is 24.8. The zero-order valence-corrected chi connectivity index (χ0v) is 24.8. The van der Waals surface area contributed by atoms with Gasteiger partial charge in [-0.1, -0.05) is 68.3 Å². The molecule has 0 fully saturated rings. The second-order valence-corrected chi connectivity index (χ2v) is 9.83. The van der Waals surface area contributed by atoms with Gasteiger partial charge in [-0.2, -0.15) is 0 Å². The Labute approximate surface area is 255 Å². The van der Waals surface area contributed by atoms with E-state index in [-0.39, 0.29) is 0 Å². The van der Waals surface area contributed by atoms with Gasteiger partial charge in [-0.25, -0.2) is 4.98 Å². The van der Waals surface area contributed by atoms with Crippen LogP contribution < -0.4 is 16.4 Å². The standard InChI is InChI=1S/C35H36N6.C2H2/c1-6-11-34(29-14-10-15-37-20-29)26(4)27(5)40-25(3)17-30-18-31(22-39-35(30)36)32-19-33(23-38-21-32)41-24(2)16-28-12-8-7-9-13-28;1-2/h6-15,18-23,40-41H,1-3,16-17H2,4-5H3,(H2,36,39);1-2H/b27-26+,34-11+;. The van der Waals surface area contributed by atoms with E-state index in [2.05, 4.69) is 77.2 Å². The monoisotopic (exact) mass is 566 g/mol. The van der Waals surface area contributed by atoms with Crippen LogP contribution in [-0.2, 0) is 12.8 Å². The molecule has 4 aromatic rings. The Morgan fingerprint density at radius 1 is 0.884 bits per heavy atom. The molecule has 4 N–H and O–H groups in total. The topological polar surface area (TPSA) is 88.8 Å². The van der Waals surface area contributed by atoms with E-state index in [0.29, 0.717) is 12.2 Å². The van der Waals surface area contributed by atoms with Crippen molar-refractivity contribution in [2.75, 3.05) is 11.1 Å². The summed E-state index contributed by atoms with van der Waals surface area (Å²) < 4.78 is 0. The molecule has 0 aliphatic heterocycles. The van der Waals surface area contributed by atoms with E-state index in [9.17, 15) is 0 Å². The third-order valence-corrected chi connectivity index (χ3v) is 6.65. The molecule has 3 heterocycles. The third-order valence-electron chi connectivity index (χ3n) is 6.65. The highest BCUT2D eigenvalue weighted by molar-refractivity contribution is 5.79. The van der Waals surface area contributed by atoms with Crippen LogP contribution in [0.3, 0.4) is 0 Å². The van der Waals surface area contributed by atoms with Crippen molar-refractivity contribution >= 4 is 17.1 Å². The van der Waals surface area contributed by atoms with Gasteiger partial charge < -0.3 is 16.4 Å². The highest BCUT2D eigenvalue weighted by Gasteiger charge is 2.11. The quantitative estimate of drug-likeness (QED) is 0.120. The van der Waals surface area contributed by atoms with Crippen molar-refractivity contribution in [3.8, 4) is 24.0 Å². The number of benzene rings is 1. The molecule has 43 heavy (non-hydrogen) atoms. The van der Waals surface area contributed by atoms with Gasteiger partial charge >= 0.3 is 0 Å². The van der Waals surface area contributed by atoms with Crippen molar-refractivity contribution in [1.82, 2.24) is 20.3 Å². The molecule has 0 saturated heterocycles. The normalized spacial score (nSPS) is 11.3. The first-order valence-electron chi connectivity index (χ1n) is 13.7. The Morgan fingerprint density at radius 2 is 1.63 bits per heavy atom. The molecule has 0 saturated carbocycles. The van der Waals surface area contributed by atoms with E-state index in [1.807, 2.05) is 67.9 Å². The number of nitrogens with one attached hydrogen (secondary N) is 2. The number of pyridine rings is 3. The van der Waals surface area contributed by atoms with Gasteiger partial charge in [0.05, 0.1) is 11.9 Å². The summed E-state index contributed by atoms with van der Waals surface area (Å²) in [5.74, 6) is 0.469. The molecule has 3 aromatic heterocycles. The first-order valence-corrected chi connectivity index (χ1v) is 13.7. The minimum atomic E-state index is 0.469. The van der Waals surface area contributed by atoms with Crippen LogP contribution in [-0.4, -0.2) is 15.0 Å². The Kier molecular flexibility index (Phi) is 11.8. The number of aromatic nitrogens is 3. The molecule has 216 valence electrons. The lowest BCUT2D eigenvalue weighted by molar-refractivity contribution is 0.903. The Morgan fingerprint density at radius 3 is 2.33 bits per heavy atom. The van der Waals surface area contributed by atoms with Crippen molar-refractivity contribution in [1.29, 1.82) is 0 Å².